The van der Waals surface area contributed by atoms with E-state index in [-0.39, 0.29) is 5.75 Å². The Morgan fingerprint density at radius 1 is 1.17 bits per heavy atom. The molecule has 0 bridgehead atoms. The van der Waals surface area contributed by atoms with Crippen LogP contribution in [-0.4, -0.2) is 24.2 Å². The van der Waals surface area contributed by atoms with Crippen LogP contribution in [0.5, 0.6) is 0 Å². The molecule has 0 aliphatic carbocycles. The Labute approximate surface area is 140 Å². The van der Waals surface area contributed by atoms with Gasteiger partial charge in [-0.1, -0.05) is 6.07 Å². The summed E-state index contributed by atoms with van der Waals surface area (Å²) in [6, 6.07) is 6.70. The molecule has 2 N–H and O–H groups in total. The van der Waals surface area contributed by atoms with E-state index in [2.05, 4.69) is 10.6 Å². The Morgan fingerprint density at radius 3 is 2.70 bits per heavy atom. The largest absolute Gasteiger partial charge is 0.337 e. The van der Waals surface area contributed by atoms with E-state index < -0.39 is 23.6 Å². The number of amides is 3. The number of thiophene rings is 1. The first-order valence-electron chi connectivity index (χ1n) is 6.72. The smallest absolute Gasteiger partial charge is 0.321 e. The number of halogens is 2. The lowest BCUT2D eigenvalue weighted by Crippen LogP contribution is -2.41. The number of carbonyl (C=O) groups is 2. The van der Waals surface area contributed by atoms with E-state index in [1.165, 1.54) is 6.07 Å². The fourth-order valence-electron chi connectivity index (χ4n) is 1.68. The van der Waals surface area contributed by atoms with Crippen molar-refractivity contribution >= 4 is 35.0 Å². The van der Waals surface area contributed by atoms with Crippen LogP contribution in [0.1, 0.15) is 4.88 Å². The molecule has 0 fully saturated rings. The molecule has 8 heteroatoms. The van der Waals surface area contributed by atoms with Crippen LogP contribution in [0.25, 0.3) is 0 Å². The number of rotatable bonds is 6. The zero-order chi connectivity index (χ0) is 16.7. The van der Waals surface area contributed by atoms with Gasteiger partial charge in [-0.15, -0.1) is 23.1 Å². The van der Waals surface area contributed by atoms with E-state index in [4.69, 9.17) is 0 Å². The molecule has 0 atom stereocenters. The summed E-state index contributed by atoms with van der Waals surface area (Å²) in [4.78, 5) is 24.7. The third-order valence-electron chi connectivity index (χ3n) is 2.75. The van der Waals surface area contributed by atoms with Gasteiger partial charge in [0.2, 0.25) is 5.91 Å². The predicted molar refractivity (Wildman–Crippen MR) is 86.6 cm³/mol. The highest BCUT2D eigenvalue weighted by molar-refractivity contribution is 8.00. The maximum atomic E-state index is 13.0. The molecule has 0 spiro atoms. The number of nitrogens with one attached hydrogen (secondary N) is 2. The molecule has 0 aliphatic rings. The van der Waals surface area contributed by atoms with Crippen molar-refractivity contribution in [2.24, 2.45) is 0 Å². The van der Waals surface area contributed by atoms with Crippen LogP contribution in [0.3, 0.4) is 0 Å². The molecule has 4 nitrogen and oxygen atoms in total. The highest BCUT2D eigenvalue weighted by atomic mass is 32.2. The second-order valence-electron chi connectivity index (χ2n) is 4.50. The van der Waals surface area contributed by atoms with Gasteiger partial charge in [-0.05, 0) is 36.1 Å². The minimum Gasteiger partial charge on any atom is -0.337 e. The summed E-state index contributed by atoms with van der Waals surface area (Å²) in [7, 11) is 0. The van der Waals surface area contributed by atoms with Crippen LogP contribution in [0.15, 0.2) is 40.6 Å². The van der Waals surface area contributed by atoms with E-state index in [1.807, 2.05) is 17.5 Å². The zero-order valence-corrected chi connectivity index (χ0v) is 13.6. The third kappa shape index (κ3) is 5.99. The first-order chi connectivity index (χ1) is 11.0. The monoisotopic (exact) mass is 356 g/mol. The quantitative estimate of drug-likeness (QED) is 0.782. The van der Waals surface area contributed by atoms with Gasteiger partial charge in [-0.3, -0.25) is 10.1 Å². The number of benzene rings is 1. The molecular formula is C15H14F2N2O2S2. The lowest BCUT2D eigenvalue weighted by molar-refractivity contribution is -0.117. The standard InChI is InChI=1S/C15H14F2N2O2S2/c16-12-4-3-11(8-13(12)17)23-9-14(20)19-15(21)18-6-5-10-2-1-7-22-10/h1-4,7-8H,5-6,9H2,(H2,18,19,20,21). The number of hydrogen-bond donors (Lipinski definition) is 2. The molecule has 2 rings (SSSR count). The minimum atomic E-state index is -0.971. The van der Waals surface area contributed by atoms with Crippen LogP contribution < -0.4 is 10.6 Å². The SMILES string of the molecule is O=C(CSc1ccc(F)c(F)c1)NC(=O)NCCc1cccs1. The van der Waals surface area contributed by atoms with Crippen molar-refractivity contribution in [2.75, 3.05) is 12.3 Å². The number of thioether (sulfide) groups is 1. The fraction of sp³-hybridized carbons (Fsp3) is 0.200. The van der Waals surface area contributed by atoms with Crippen LogP contribution in [0.4, 0.5) is 13.6 Å². The summed E-state index contributed by atoms with van der Waals surface area (Å²) in [6.45, 7) is 0.427. The number of imide groups is 1. The van der Waals surface area contributed by atoms with Crippen molar-refractivity contribution in [3.8, 4) is 0 Å². The average molecular weight is 356 g/mol. The summed E-state index contributed by atoms with van der Waals surface area (Å²) in [5.41, 5.74) is 0. The van der Waals surface area contributed by atoms with Gasteiger partial charge >= 0.3 is 6.03 Å². The van der Waals surface area contributed by atoms with Gasteiger partial charge < -0.3 is 5.32 Å². The van der Waals surface area contributed by atoms with Gasteiger partial charge in [0.1, 0.15) is 0 Å². The molecule has 1 aromatic heterocycles. The van der Waals surface area contributed by atoms with Crippen molar-refractivity contribution in [3.63, 3.8) is 0 Å². The number of hydrogen-bond acceptors (Lipinski definition) is 4. The Morgan fingerprint density at radius 2 is 2.00 bits per heavy atom. The molecule has 1 aromatic carbocycles. The minimum absolute atomic E-state index is 0.0661. The first-order valence-corrected chi connectivity index (χ1v) is 8.59. The topological polar surface area (TPSA) is 58.2 Å². The van der Waals surface area contributed by atoms with Crippen molar-refractivity contribution in [3.05, 3.63) is 52.2 Å². The van der Waals surface area contributed by atoms with Crippen molar-refractivity contribution in [1.82, 2.24) is 10.6 Å². The molecule has 0 unspecified atom stereocenters. The molecule has 0 radical (unpaired) electrons. The highest BCUT2D eigenvalue weighted by Crippen LogP contribution is 2.19. The van der Waals surface area contributed by atoms with Crippen molar-refractivity contribution < 1.29 is 18.4 Å². The molecule has 0 saturated carbocycles. The van der Waals surface area contributed by atoms with E-state index in [9.17, 15) is 18.4 Å². The Kier molecular flexibility index (Phi) is 6.54. The van der Waals surface area contributed by atoms with Crippen molar-refractivity contribution in [1.29, 1.82) is 0 Å². The number of carbonyl (C=O) groups excluding carboxylic acids is 2. The first kappa shape index (κ1) is 17.4. The van der Waals surface area contributed by atoms with E-state index in [1.54, 1.807) is 11.3 Å². The predicted octanol–water partition coefficient (Wildman–Crippen LogP) is 3.19. The van der Waals surface area contributed by atoms with Crippen LogP contribution >= 0.6 is 23.1 Å². The Balaban J connectivity index is 1.67. The molecule has 0 saturated heterocycles. The normalized spacial score (nSPS) is 10.3. The average Bonchev–Trinajstić information content (AvgIpc) is 3.02. The van der Waals surface area contributed by atoms with Crippen LogP contribution in [-0.2, 0) is 11.2 Å². The second kappa shape index (κ2) is 8.64. The molecule has 122 valence electrons. The lowest BCUT2D eigenvalue weighted by atomic mass is 10.3. The third-order valence-corrected chi connectivity index (χ3v) is 4.68. The summed E-state index contributed by atoms with van der Waals surface area (Å²) in [6.07, 6.45) is 0.697. The summed E-state index contributed by atoms with van der Waals surface area (Å²) in [5.74, 6) is -2.48. The van der Waals surface area contributed by atoms with Crippen LogP contribution in [0.2, 0.25) is 0 Å². The van der Waals surface area contributed by atoms with Gasteiger partial charge in [-0.2, -0.15) is 0 Å². The zero-order valence-electron chi connectivity index (χ0n) is 12.0. The Hall–Kier alpha value is -1.93. The molecular weight excluding hydrogens is 342 g/mol. The summed E-state index contributed by atoms with van der Waals surface area (Å²) < 4.78 is 25.8. The van der Waals surface area contributed by atoms with Gasteiger partial charge in [0.25, 0.3) is 0 Å². The summed E-state index contributed by atoms with van der Waals surface area (Å²) >= 11 is 2.62. The number of urea groups is 1. The van der Waals surface area contributed by atoms with Gasteiger partial charge in [0.15, 0.2) is 11.6 Å². The fourth-order valence-corrected chi connectivity index (χ4v) is 3.11. The summed E-state index contributed by atoms with van der Waals surface area (Å²) in [5, 5.41) is 6.72. The maximum absolute atomic E-state index is 13.0. The van der Waals surface area contributed by atoms with Crippen molar-refractivity contribution in [2.45, 2.75) is 11.3 Å². The van der Waals surface area contributed by atoms with Gasteiger partial charge in [-0.25, -0.2) is 13.6 Å². The molecule has 0 aliphatic heterocycles. The van der Waals surface area contributed by atoms with Crippen LogP contribution in [0, 0.1) is 11.6 Å². The Bertz CT molecular complexity index is 678. The second-order valence-corrected chi connectivity index (χ2v) is 6.58. The highest BCUT2D eigenvalue weighted by Gasteiger charge is 2.09. The maximum Gasteiger partial charge on any atom is 0.321 e. The van der Waals surface area contributed by atoms with E-state index in [0.29, 0.717) is 17.9 Å². The van der Waals surface area contributed by atoms with Gasteiger partial charge in [0.05, 0.1) is 5.75 Å². The van der Waals surface area contributed by atoms with E-state index >= 15 is 0 Å². The van der Waals surface area contributed by atoms with Gasteiger partial charge in [0, 0.05) is 16.3 Å². The molecule has 3 amide bonds. The molecule has 2 aromatic rings. The molecule has 23 heavy (non-hydrogen) atoms. The lowest BCUT2D eigenvalue weighted by Gasteiger charge is -2.06. The molecule has 1 heterocycles. The van der Waals surface area contributed by atoms with E-state index in [0.717, 1.165) is 28.8 Å².